The summed E-state index contributed by atoms with van der Waals surface area (Å²) in [5, 5.41) is 5.27. The molecule has 3 aromatic rings. The number of imide groups is 1. The van der Waals surface area contributed by atoms with E-state index in [1.807, 2.05) is 4.68 Å². The van der Waals surface area contributed by atoms with E-state index < -0.39 is 5.97 Å². The van der Waals surface area contributed by atoms with Crippen molar-refractivity contribution in [1.29, 1.82) is 0 Å². The maximum absolute atomic E-state index is 12.4. The molecule has 1 saturated carbocycles. The van der Waals surface area contributed by atoms with E-state index in [9.17, 15) is 14.4 Å². The molecule has 5 rings (SSSR count). The van der Waals surface area contributed by atoms with Gasteiger partial charge in [0.25, 0.3) is 11.8 Å². The van der Waals surface area contributed by atoms with Crippen LogP contribution in [-0.2, 0) is 4.74 Å². The van der Waals surface area contributed by atoms with Crippen LogP contribution in [0.2, 0.25) is 0 Å². The van der Waals surface area contributed by atoms with Gasteiger partial charge in [0, 0.05) is 18.1 Å². The molecular formula is C23H22N4O4. The summed E-state index contributed by atoms with van der Waals surface area (Å²) in [6.45, 7) is 0.302. The number of nitrogens with zero attached hydrogens (tertiary/aromatic N) is 4. The van der Waals surface area contributed by atoms with Crippen LogP contribution in [0.5, 0.6) is 0 Å². The Hall–Kier alpha value is -3.55. The fourth-order valence-corrected chi connectivity index (χ4v) is 4.38. The van der Waals surface area contributed by atoms with Crippen molar-refractivity contribution in [2.45, 2.75) is 38.1 Å². The molecule has 3 heterocycles. The van der Waals surface area contributed by atoms with Crippen molar-refractivity contribution in [3.8, 4) is 0 Å². The summed E-state index contributed by atoms with van der Waals surface area (Å²) in [4.78, 5) is 42.8. The summed E-state index contributed by atoms with van der Waals surface area (Å²) in [5.74, 6) is -1.09. The maximum Gasteiger partial charge on any atom is 0.339 e. The van der Waals surface area contributed by atoms with Crippen LogP contribution in [0.15, 0.2) is 42.7 Å². The SMILES string of the molecule is O=C(OCCCN1C(=O)c2ccccc2C1=O)c1cnc2c(cnn2C2CCCC2)c1. The molecule has 1 fully saturated rings. The van der Waals surface area contributed by atoms with Crippen LogP contribution in [0.25, 0.3) is 11.0 Å². The Labute approximate surface area is 178 Å². The van der Waals surface area contributed by atoms with Crippen molar-refractivity contribution >= 4 is 28.8 Å². The van der Waals surface area contributed by atoms with Crippen molar-refractivity contribution in [3.63, 3.8) is 0 Å². The predicted octanol–water partition coefficient (Wildman–Crippen LogP) is 3.39. The summed E-state index contributed by atoms with van der Waals surface area (Å²) < 4.78 is 7.29. The number of esters is 1. The molecule has 0 N–H and O–H groups in total. The molecule has 158 valence electrons. The van der Waals surface area contributed by atoms with Crippen molar-refractivity contribution in [3.05, 3.63) is 59.4 Å². The molecule has 2 amide bonds. The zero-order valence-electron chi connectivity index (χ0n) is 17.0. The van der Waals surface area contributed by atoms with Gasteiger partial charge in [-0.25, -0.2) is 14.5 Å². The topological polar surface area (TPSA) is 94.4 Å². The molecule has 1 aliphatic heterocycles. The maximum atomic E-state index is 12.4. The third-order valence-electron chi connectivity index (χ3n) is 5.98. The van der Waals surface area contributed by atoms with E-state index >= 15 is 0 Å². The molecule has 31 heavy (non-hydrogen) atoms. The molecule has 2 aliphatic rings. The first kappa shape index (κ1) is 19.4. The van der Waals surface area contributed by atoms with E-state index in [-0.39, 0.29) is 25.0 Å². The quantitative estimate of drug-likeness (QED) is 0.346. The lowest BCUT2D eigenvalue weighted by Crippen LogP contribution is -2.31. The van der Waals surface area contributed by atoms with Gasteiger partial charge in [0.1, 0.15) is 0 Å². The van der Waals surface area contributed by atoms with E-state index in [4.69, 9.17) is 4.74 Å². The van der Waals surface area contributed by atoms with Gasteiger partial charge in [-0.15, -0.1) is 0 Å². The summed E-state index contributed by atoms with van der Waals surface area (Å²) >= 11 is 0. The van der Waals surface area contributed by atoms with E-state index in [1.165, 1.54) is 23.9 Å². The van der Waals surface area contributed by atoms with Crippen LogP contribution in [-0.4, -0.2) is 50.6 Å². The third-order valence-corrected chi connectivity index (χ3v) is 5.98. The molecular weight excluding hydrogens is 396 g/mol. The fraction of sp³-hybridized carbons (Fsp3) is 0.348. The van der Waals surface area contributed by atoms with Crippen molar-refractivity contribution in [2.24, 2.45) is 0 Å². The first-order chi connectivity index (χ1) is 15.1. The number of aromatic nitrogens is 3. The Morgan fingerprint density at radius 1 is 1.06 bits per heavy atom. The number of carbonyl (C=O) groups excluding carboxylic acids is 3. The summed E-state index contributed by atoms with van der Waals surface area (Å²) in [6, 6.07) is 8.88. The number of carbonyl (C=O) groups is 3. The molecule has 0 bridgehead atoms. The van der Waals surface area contributed by atoms with Crippen LogP contribution in [0.4, 0.5) is 0 Å². The first-order valence-corrected chi connectivity index (χ1v) is 10.6. The van der Waals surface area contributed by atoms with Gasteiger partial charge in [-0.2, -0.15) is 5.10 Å². The Morgan fingerprint density at radius 2 is 1.77 bits per heavy atom. The second-order valence-corrected chi connectivity index (χ2v) is 7.96. The molecule has 8 heteroatoms. The zero-order chi connectivity index (χ0) is 21.4. The van der Waals surface area contributed by atoms with Gasteiger partial charge in [-0.3, -0.25) is 14.5 Å². The third kappa shape index (κ3) is 3.48. The minimum absolute atomic E-state index is 0.103. The van der Waals surface area contributed by atoms with Crippen LogP contribution in [0.1, 0.15) is 69.2 Å². The Balaban J connectivity index is 1.17. The molecule has 8 nitrogen and oxygen atoms in total. The lowest BCUT2D eigenvalue weighted by Gasteiger charge is -2.13. The highest BCUT2D eigenvalue weighted by atomic mass is 16.5. The number of hydrogen-bond acceptors (Lipinski definition) is 6. The molecule has 2 aromatic heterocycles. The Morgan fingerprint density at radius 3 is 2.48 bits per heavy atom. The number of rotatable bonds is 6. The first-order valence-electron chi connectivity index (χ1n) is 10.6. The van der Waals surface area contributed by atoms with Gasteiger partial charge in [-0.1, -0.05) is 25.0 Å². The minimum atomic E-state index is -0.481. The number of fused-ring (bicyclic) bond motifs is 2. The second kappa shape index (κ2) is 7.94. The lowest BCUT2D eigenvalue weighted by atomic mass is 10.1. The van der Waals surface area contributed by atoms with Crippen molar-refractivity contribution in [1.82, 2.24) is 19.7 Å². The van der Waals surface area contributed by atoms with Gasteiger partial charge in [0.05, 0.1) is 35.5 Å². The van der Waals surface area contributed by atoms with Gasteiger partial charge in [-0.05, 0) is 37.5 Å². The lowest BCUT2D eigenvalue weighted by molar-refractivity contribution is 0.0482. The Bertz CT molecular complexity index is 1140. The second-order valence-electron chi connectivity index (χ2n) is 7.96. The summed E-state index contributed by atoms with van der Waals surface area (Å²) in [6.07, 6.45) is 8.24. The number of hydrogen-bond donors (Lipinski definition) is 0. The van der Waals surface area contributed by atoms with E-state index in [1.54, 1.807) is 36.5 Å². The highest BCUT2D eigenvalue weighted by molar-refractivity contribution is 6.21. The molecule has 0 spiro atoms. The van der Waals surface area contributed by atoms with Crippen LogP contribution < -0.4 is 0 Å². The van der Waals surface area contributed by atoms with E-state index in [2.05, 4.69) is 10.1 Å². The van der Waals surface area contributed by atoms with E-state index in [0.29, 0.717) is 29.2 Å². The number of ether oxygens (including phenoxy) is 1. The predicted molar refractivity (Wildman–Crippen MR) is 112 cm³/mol. The Kier molecular flexibility index (Phi) is 4.97. The zero-order valence-corrected chi connectivity index (χ0v) is 17.0. The summed E-state index contributed by atoms with van der Waals surface area (Å²) in [5.41, 5.74) is 1.98. The summed E-state index contributed by atoms with van der Waals surface area (Å²) in [7, 11) is 0. The van der Waals surface area contributed by atoms with Gasteiger partial charge in [0.15, 0.2) is 5.65 Å². The van der Waals surface area contributed by atoms with Crippen LogP contribution >= 0.6 is 0 Å². The van der Waals surface area contributed by atoms with Crippen LogP contribution in [0, 0.1) is 0 Å². The molecule has 1 aromatic carbocycles. The number of benzene rings is 1. The normalized spacial score (nSPS) is 16.3. The highest BCUT2D eigenvalue weighted by Gasteiger charge is 2.34. The minimum Gasteiger partial charge on any atom is -0.462 e. The number of amides is 2. The van der Waals surface area contributed by atoms with E-state index in [0.717, 1.165) is 23.9 Å². The van der Waals surface area contributed by atoms with Gasteiger partial charge in [0.2, 0.25) is 0 Å². The van der Waals surface area contributed by atoms with Gasteiger partial charge < -0.3 is 4.74 Å². The smallest absolute Gasteiger partial charge is 0.339 e. The molecule has 0 unspecified atom stereocenters. The van der Waals surface area contributed by atoms with Crippen molar-refractivity contribution < 1.29 is 19.1 Å². The number of pyridine rings is 1. The molecule has 0 saturated heterocycles. The molecule has 0 radical (unpaired) electrons. The highest BCUT2D eigenvalue weighted by Crippen LogP contribution is 2.31. The standard InChI is InChI=1S/C23H22N4O4/c28-21-18-8-3-4-9-19(18)22(29)26(21)10-5-11-31-23(30)16-12-15-14-25-27(20(15)24-13-16)17-6-1-2-7-17/h3-4,8-9,12-14,17H,1-2,5-7,10-11H2. The van der Waals surface area contributed by atoms with Crippen LogP contribution in [0.3, 0.4) is 0 Å². The fourth-order valence-electron chi connectivity index (χ4n) is 4.38. The van der Waals surface area contributed by atoms with Crippen molar-refractivity contribution in [2.75, 3.05) is 13.2 Å². The average Bonchev–Trinajstić information content (AvgIpc) is 3.51. The van der Waals surface area contributed by atoms with Gasteiger partial charge >= 0.3 is 5.97 Å². The molecule has 0 atom stereocenters. The monoisotopic (exact) mass is 418 g/mol. The average molecular weight is 418 g/mol. The largest absolute Gasteiger partial charge is 0.462 e. The molecule has 1 aliphatic carbocycles.